The number of rotatable bonds is 6. The lowest BCUT2D eigenvalue weighted by Gasteiger charge is -2.34. The summed E-state index contributed by atoms with van der Waals surface area (Å²) in [5.74, 6) is 0.906. The number of piperazine rings is 1. The second kappa shape index (κ2) is 9.74. The van der Waals surface area contributed by atoms with Gasteiger partial charge in [0.1, 0.15) is 17.9 Å². The van der Waals surface area contributed by atoms with E-state index in [4.69, 9.17) is 13.9 Å². The van der Waals surface area contributed by atoms with Gasteiger partial charge in [0.15, 0.2) is 5.76 Å². The summed E-state index contributed by atoms with van der Waals surface area (Å²) in [7, 11) is 1.63. The lowest BCUT2D eigenvalue weighted by molar-refractivity contribution is 0.0643. The Balaban J connectivity index is 1.31. The van der Waals surface area contributed by atoms with Crippen LogP contribution in [0.1, 0.15) is 16.1 Å². The predicted octanol–water partition coefficient (Wildman–Crippen LogP) is 3.76. The number of carbonyl (C=O) groups excluding carboxylic acids is 2. The lowest BCUT2D eigenvalue weighted by Crippen LogP contribution is -2.51. The summed E-state index contributed by atoms with van der Waals surface area (Å²) in [4.78, 5) is 29.0. The number of fused-ring (bicyclic) bond motifs is 1. The third kappa shape index (κ3) is 4.86. The second-order valence-electron chi connectivity index (χ2n) is 7.68. The summed E-state index contributed by atoms with van der Waals surface area (Å²) in [5, 5.41) is 3.85. The minimum Gasteiger partial charge on any atom is -0.491 e. The minimum absolute atomic E-state index is 0.152. The molecule has 0 bridgehead atoms. The molecule has 1 aliphatic rings. The van der Waals surface area contributed by atoms with Crippen LogP contribution in [0.25, 0.3) is 11.0 Å². The van der Waals surface area contributed by atoms with Crippen molar-refractivity contribution in [2.24, 2.45) is 0 Å². The normalized spacial score (nSPS) is 13.9. The van der Waals surface area contributed by atoms with Crippen LogP contribution in [0.3, 0.4) is 0 Å². The van der Waals surface area contributed by atoms with Crippen molar-refractivity contribution < 1.29 is 23.5 Å². The Kier molecular flexibility index (Phi) is 6.61. The van der Waals surface area contributed by atoms with Gasteiger partial charge in [-0.3, -0.25) is 4.79 Å². The number of para-hydroxylation sites is 1. The molecular weight excluding hydrogens is 410 g/mol. The Morgan fingerprint density at radius 1 is 1.00 bits per heavy atom. The Bertz CT molecular complexity index is 1070. The van der Waals surface area contributed by atoms with Gasteiger partial charge in [0.25, 0.3) is 5.91 Å². The molecule has 0 radical (unpaired) electrons. The highest BCUT2D eigenvalue weighted by Crippen LogP contribution is 2.23. The first-order valence-electron chi connectivity index (χ1n) is 10.6. The van der Waals surface area contributed by atoms with E-state index in [0.717, 1.165) is 22.4 Å². The number of hydrogen-bond acceptors (Lipinski definition) is 5. The number of nitrogens with zero attached hydrogens (tertiary/aromatic N) is 2. The average Bonchev–Trinajstić information content (AvgIpc) is 3.25. The second-order valence-corrected chi connectivity index (χ2v) is 7.68. The van der Waals surface area contributed by atoms with Crippen molar-refractivity contribution in [1.82, 2.24) is 9.80 Å². The maximum atomic E-state index is 12.8. The molecule has 1 aliphatic heterocycles. The van der Waals surface area contributed by atoms with Crippen molar-refractivity contribution in [3.05, 3.63) is 59.9 Å². The van der Waals surface area contributed by atoms with Gasteiger partial charge in [0.2, 0.25) is 0 Å². The molecule has 1 fully saturated rings. The van der Waals surface area contributed by atoms with Gasteiger partial charge < -0.3 is 29.0 Å². The molecule has 1 aromatic heterocycles. The Hall–Kier alpha value is -3.52. The van der Waals surface area contributed by atoms with Crippen LogP contribution in [0.15, 0.2) is 52.9 Å². The van der Waals surface area contributed by atoms with Crippen molar-refractivity contribution in [1.29, 1.82) is 0 Å². The van der Waals surface area contributed by atoms with Crippen LogP contribution in [-0.2, 0) is 4.74 Å². The van der Waals surface area contributed by atoms with E-state index in [0.29, 0.717) is 50.7 Å². The van der Waals surface area contributed by atoms with Gasteiger partial charge in [-0.05, 0) is 42.8 Å². The zero-order chi connectivity index (χ0) is 22.5. The highest BCUT2D eigenvalue weighted by molar-refractivity contribution is 5.96. The number of methoxy groups -OCH3 is 1. The number of furan rings is 1. The summed E-state index contributed by atoms with van der Waals surface area (Å²) < 4.78 is 16.3. The standard InChI is InChI=1S/C24H27N3O5/c1-17-15-19(31-14-13-30-2)7-8-20(17)25-24(29)27-11-9-26(10-12-27)23(28)22-16-18-5-3-4-6-21(18)32-22/h3-8,15-16H,9-14H2,1-2H3,(H,25,29). The summed E-state index contributed by atoms with van der Waals surface area (Å²) in [6.07, 6.45) is 0. The smallest absolute Gasteiger partial charge is 0.321 e. The van der Waals surface area contributed by atoms with Crippen molar-refractivity contribution in [3.8, 4) is 5.75 Å². The van der Waals surface area contributed by atoms with Gasteiger partial charge in [0.05, 0.1) is 6.61 Å². The molecule has 0 atom stereocenters. The number of hydrogen-bond donors (Lipinski definition) is 1. The number of amides is 3. The predicted molar refractivity (Wildman–Crippen MR) is 121 cm³/mol. The highest BCUT2D eigenvalue weighted by atomic mass is 16.5. The molecular formula is C24H27N3O5. The van der Waals surface area contributed by atoms with E-state index in [-0.39, 0.29) is 11.9 Å². The molecule has 4 rings (SSSR count). The molecule has 2 heterocycles. The van der Waals surface area contributed by atoms with E-state index in [1.807, 2.05) is 49.4 Å². The van der Waals surface area contributed by atoms with Gasteiger partial charge in [-0.25, -0.2) is 4.79 Å². The van der Waals surface area contributed by atoms with Crippen LogP contribution in [0.4, 0.5) is 10.5 Å². The van der Waals surface area contributed by atoms with E-state index in [9.17, 15) is 9.59 Å². The molecule has 168 valence electrons. The topological polar surface area (TPSA) is 84.3 Å². The molecule has 8 nitrogen and oxygen atoms in total. The summed E-state index contributed by atoms with van der Waals surface area (Å²) in [6.45, 7) is 4.72. The van der Waals surface area contributed by atoms with Crippen LogP contribution in [0.5, 0.6) is 5.75 Å². The van der Waals surface area contributed by atoms with Crippen LogP contribution < -0.4 is 10.1 Å². The largest absolute Gasteiger partial charge is 0.491 e. The van der Waals surface area contributed by atoms with Gasteiger partial charge >= 0.3 is 6.03 Å². The maximum absolute atomic E-state index is 12.8. The van der Waals surface area contributed by atoms with Crippen molar-refractivity contribution >= 4 is 28.6 Å². The fraction of sp³-hybridized carbons (Fsp3) is 0.333. The van der Waals surface area contributed by atoms with Gasteiger partial charge in [-0.15, -0.1) is 0 Å². The van der Waals surface area contributed by atoms with E-state index >= 15 is 0 Å². The molecule has 8 heteroatoms. The summed E-state index contributed by atoms with van der Waals surface area (Å²) in [5.41, 5.74) is 2.33. The molecule has 32 heavy (non-hydrogen) atoms. The number of anilines is 1. The molecule has 0 aliphatic carbocycles. The maximum Gasteiger partial charge on any atom is 0.321 e. The van der Waals surface area contributed by atoms with E-state index < -0.39 is 0 Å². The Labute approximate surface area is 186 Å². The first-order chi connectivity index (χ1) is 15.5. The zero-order valence-electron chi connectivity index (χ0n) is 18.3. The summed E-state index contributed by atoms with van der Waals surface area (Å²) in [6, 6.07) is 14.7. The average molecular weight is 437 g/mol. The third-order valence-corrected chi connectivity index (χ3v) is 5.49. The van der Waals surface area contributed by atoms with Crippen LogP contribution in [0.2, 0.25) is 0 Å². The highest BCUT2D eigenvalue weighted by Gasteiger charge is 2.27. The number of nitrogens with one attached hydrogen (secondary N) is 1. The van der Waals surface area contributed by atoms with Crippen LogP contribution >= 0.6 is 0 Å². The quantitative estimate of drug-likeness (QED) is 0.594. The molecule has 1 saturated heterocycles. The fourth-order valence-corrected chi connectivity index (χ4v) is 3.66. The minimum atomic E-state index is -0.183. The van der Waals surface area contributed by atoms with Crippen molar-refractivity contribution in [3.63, 3.8) is 0 Å². The monoisotopic (exact) mass is 437 g/mol. The van der Waals surface area contributed by atoms with E-state index in [2.05, 4.69) is 5.32 Å². The lowest BCUT2D eigenvalue weighted by atomic mass is 10.2. The molecule has 0 unspecified atom stereocenters. The van der Waals surface area contributed by atoms with Crippen LogP contribution in [-0.4, -0.2) is 68.2 Å². The third-order valence-electron chi connectivity index (χ3n) is 5.49. The number of carbonyl (C=O) groups is 2. The van der Waals surface area contributed by atoms with E-state index in [1.54, 1.807) is 23.0 Å². The van der Waals surface area contributed by atoms with E-state index in [1.165, 1.54) is 0 Å². The summed E-state index contributed by atoms with van der Waals surface area (Å²) >= 11 is 0. The Morgan fingerprint density at radius 3 is 2.47 bits per heavy atom. The Morgan fingerprint density at radius 2 is 1.75 bits per heavy atom. The SMILES string of the molecule is COCCOc1ccc(NC(=O)N2CCN(C(=O)c3cc4ccccc4o3)CC2)c(C)c1. The molecule has 2 aromatic carbocycles. The molecule has 0 saturated carbocycles. The molecule has 3 amide bonds. The van der Waals surface area contributed by atoms with Crippen molar-refractivity contribution in [2.45, 2.75) is 6.92 Å². The van der Waals surface area contributed by atoms with Gasteiger partial charge in [-0.2, -0.15) is 0 Å². The number of benzene rings is 2. The first kappa shape index (κ1) is 21.7. The molecule has 0 spiro atoms. The fourth-order valence-electron chi connectivity index (χ4n) is 3.66. The number of ether oxygens (including phenoxy) is 2. The van der Waals surface area contributed by atoms with Gasteiger partial charge in [0, 0.05) is 44.4 Å². The van der Waals surface area contributed by atoms with Crippen molar-refractivity contribution in [2.75, 3.05) is 51.8 Å². The van der Waals surface area contributed by atoms with Gasteiger partial charge in [-0.1, -0.05) is 18.2 Å². The number of aryl methyl sites for hydroxylation is 1. The number of urea groups is 1. The first-order valence-corrected chi connectivity index (χ1v) is 10.6. The molecule has 3 aromatic rings. The molecule has 1 N–H and O–H groups in total. The zero-order valence-corrected chi connectivity index (χ0v) is 18.3. The van der Waals surface area contributed by atoms with Crippen LogP contribution in [0, 0.1) is 6.92 Å².